The van der Waals surface area contributed by atoms with Gasteiger partial charge < -0.3 is 9.30 Å². The van der Waals surface area contributed by atoms with Crippen LogP contribution in [0.15, 0.2) is 107 Å². The number of aromatic nitrogens is 2. The summed E-state index contributed by atoms with van der Waals surface area (Å²) in [6.45, 7) is 4.61. The molecule has 7 rings (SSSR count). The molecule has 5 nitrogen and oxygen atoms in total. The Morgan fingerprint density at radius 3 is 2.67 bits per heavy atom. The summed E-state index contributed by atoms with van der Waals surface area (Å²) < 4.78 is 10.2. The molecule has 0 spiro atoms. The molecule has 0 amide bonds. The number of thiazole rings is 1. The van der Waals surface area contributed by atoms with Crippen LogP contribution in [0.4, 0.5) is 0 Å². The molecule has 0 unspecified atom stereocenters. The van der Waals surface area contributed by atoms with Crippen LogP contribution < -0.4 is 19.6 Å². The van der Waals surface area contributed by atoms with Gasteiger partial charge in [0.15, 0.2) is 4.80 Å². The van der Waals surface area contributed by atoms with E-state index in [9.17, 15) is 4.79 Å². The van der Waals surface area contributed by atoms with Crippen molar-refractivity contribution >= 4 is 34.0 Å². The number of hydrogen-bond donors (Lipinski definition) is 0. The minimum Gasteiger partial charge on any atom is -0.497 e. The van der Waals surface area contributed by atoms with E-state index in [-0.39, 0.29) is 11.6 Å². The van der Waals surface area contributed by atoms with E-state index in [0.717, 1.165) is 51.1 Å². The SMILES string of the molecule is C=CCn1cc(/C=c2/sc3n(c2=O)[C@H](c2ccc(OC)cc2)C2=C(N=3)c3ccccc3CC2)c2ccccc21. The van der Waals surface area contributed by atoms with Gasteiger partial charge in [0, 0.05) is 34.8 Å². The van der Waals surface area contributed by atoms with E-state index in [2.05, 4.69) is 65.9 Å². The van der Waals surface area contributed by atoms with Crippen LogP contribution in [-0.2, 0) is 13.0 Å². The molecule has 1 aliphatic heterocycles. The Hall–Kier alpha value is -4.42. The van der Waals surface area contributed by atoms with E-state index in [1.807, 2.05) is 41.0 Å². The lowest BCUT2D eigenvalue weighted by molar-refractivity contribution is 0.414. The smallest absolute Gasteiger partial charge is 0.271 e. The molecular weight excluding hydrogens is 502 g/mol. The van der Waals surface area contributed by atoms with E-state index in [1.54, 1.807) is 7.11 Å². The molecule has 0 saturated heterocycles. The Balaban J connectivity index is 1.47. The minimum atomic E-state index is -0.209. The lowest BCUT2D eigenvalue weighted by atomic mass is 9.83. The fourth-order valence-electron chi connectivity index (χ4n) is 5.93. The number of allylic oxidation sites excluding steroid dienone is 2. The van der Waals surface area contributed by atoms with Gasteiger partial charge in [-0.25, -0.2) is 4.99 Å². The number of benzene rings is 3. The molecule has 1 atom stereocenters. The second kappa shape index (κ2) is 9.40. The molecule has 2 aliphatic rings. The number of para-hydroxylation sites is 1. The third-order valence-electron chi connectivity index (χ3n) is 7.74. The highest BCUT2D eigenvalue weighted by Crippen LogP contribution is 2.41. The number of fused-ring (bicyclic) bond motifs is 4. The predicted molar refractivity (Wildman–Crippen MR) is 158 cm³/mol. The second-order valence-electron chi connectivity index (χ2n) is 9.93. The summed E-state index contributed by atoms with van der Waals surface area (Å²) in [5.41, 5.74) is 7.88. The minimum absolute atomic E-state index is 0.00877. The number of hydrogen-bond acceptors (Lipinski definition) is 4. The van der Waals surface area contributed by atoms with Crippen LogP contribution in [0.25, 0.3) is 22.7 Å². The summed E-state index contributed by atoms with van der Waals surface area (Å²) in [5.74, 6) is 0.797. The standard InChI is InChI=1S/C33H27N3O2S/c1-3-18-35-20-23(25-9-6-7-11-28(25)35)19-29-32(37)36-31(22-12-15-24(38-2)16-13-22)27-17-14-21-8-4-5-10-26(21)30(27)34-33(36)39-29/h3-13,15-16,19-20,31H,1,14,17-18H2,2H3/b29-19+/t31-/m1/s1. The largest absolute Gasteiger partial charge is 0.497 e. The van der Waals surface area contributed by atoms with Crippen molar-refractivity contribution in [3.8, 4) is 5.75 Å². The first-order valence-corrected chi connectivity index (χ1v) is 13.9. The van der Waals surface area contributed by atoms with E-state index in [4.69, 9.17) is 9.73 Å². The summed E-state index contributed by atoms with van der Waals surface area (Å²) in [7, 11) is 1.67. The highest BCUT2D eigenvalue weighted by molar-refractivity contribution is 7.07. The van der Waals surface area contributed by atoms with Crippen molar-refractivity contribution < 1.29 is 4.74 Å². The number of rotatable bonds is 5. The van der Waals surface area contributed by atoms with E-state index in [1.165, 1.54) is 28.0 Å². The van der Waals surface area contributed by atoms with Crippen molar-refractivity contribution in [2.24, 2.45) is 4.99 Å². The highest BCUT2D eigenvalue weighted by atomic mass is 32.1. The molecule has 6 heteroatoms. The van der Waals surface area contributed by atoms with Gasteiger partial charge in [-0.2, -0.15) is 0 Å². The van der Waals surface area contributed by atoms with Crippen LogP contribution in [-0.4, -0.2) is 16.2 Å². The molecule has 39 heavy (non-hydrogen) atoms. The van der Waals surface area contributed by atoms with Crippen molar-refractivity contribution in [2.45, 2.75) is 25.4 Å². The Bertz CT molecular complexity index is 1970. The first-order valence-electron chi connectivity index (χ1n) is 13.1. The van der Waals surface area contributed by atoms with Crippen molar-refractivity contribution in [3.05, 3.63) is 139 Å². The Morgan fingerprint density at radius 1 is 1.05 bits per heavy atom. The Morgan fingerprint density at radius 2 is 1.85 bits per heavy atom. The van der Waals surface area contributed by atoms with Crippen molar-refractivity contribution in [1.82, 2.24) is 9.13 Å². The van der Waals surface area contributed by atoms with Gasteiger partial charge >= 0.3 is 0 Å². The third-order valence-corrected chi connectivity index (χ3v) is 8.72. The predicted octanol–water partition coefficient (Wildman–Crippen LogP) is 5.47. The van der Waals surface area contributed by atoms with Gasteiger partial charge in [-0.15, -0.1) is 6.58 Å². The summed E-state index contributed by atoms with van der Waals surface area (Å²) in [6, 6.07) is 24.7. The normalized spacial score (nSPS) is 16.4. The van der Waals surface area contributed by atoms with Crippen molar-refractivity contribution in [2.75, 3.05) is 7.11 Å². The summed E-state index contributed by atoms with van der Waals surface area (Å²) in [6.07, 6.45) is 7.82. The molecule has 0 radical (unpaired) electrons. The van der Waals surface area contributed by atoms with Crippen LogP contribution in [0.2, 0.25) is 0 Å². The summed E-state index contributed by atoms with van der Waals surface area (Å²) >= 11 is 1.46. The fraction of sp³-hybridized carbons (Fsp3) is 0.152. The number of nitrogens with zero attached hydrogens (tertiary/aromatic N) is 3. The quantitative estimate of drug-likeness (QED) is 0.284. The molecule has 3 aromatic carbocycles. The average Bonchev–Trinajstić information content (AvgIpc) is 3.48. The molecule has 0 fully saturated rings. The highest BCUT2D eigenvalue weighted by Gasteiger charge is 2.32. The summed E-state index contributed by atoms with van der Waals surface area (Å²) in [4.78, 5) is 20.0. The number of methoxy groups -OCH3 is 1. The zero-order chi connectivity index (χ0) is 26.5. The molecule has 2 aromatic heterocycles. The van der Waals surface area contributed by atoms with Crippen LogP contribution in [0, 0.1) is 0 Å². The van der Waals surface area contributed by atoms with Crippen LogP contribution in [0.1, 0.15) is 34.7 Å². The van der Waals surface area contributed by atoms with Crippen molar-refractivity contribution in [3.63, 3.8) is 0 Å². The van der Waals surface area contributed by atoms with Gasteiger partial charge in [-0.1, -0.05) is 72.0 Å². The lowest BCUT2D eigenvalue weighted by Crippen LogP contribution is -2.38. The molecule has 192 valence electrons. The molecular formula is C33H27N3O2S. The second-order valence-corrected chi connectivity index (χ2v) is 10.9. The monoisotopic (exact) mass is 529 g/mol. The first-order chi connectivity index (χ1) is 19.2. The molecule has 0 saturated carbocycles. The molecule has 1 aliphatic carbocycles. The number of ether oxygens (including phenoxy) is 1. The van der Waals surface area contributed by atoms with Gasteiger partial charge in [0.2, 0.25) is 0 Å². The zero-order valence-electron chi connectivity index (χ0n) is 21.6. The lowest BCUT2D eigenvalue weighted by Gasteiger charge is -2.30. The summed E-state index contributed by atoms with van der Waals surface area (Å²) in [5, 5.41) is 1.12. The Kier molecular flexibility index (Phi) is 5.71. The zero-order valence-corrected chi connectivity index (χ0v) is 22.4. The van der Waals surface area contributed by atoms with Crippen LogP contribution >= 0.6 is 11.3 Å². The third kappa shape index (κ3) is 3.82. The van der Waals surface area contributed by atoms with E-state index in [0.29, 0.717) is 11.1 Å². The molecule has 5 aromatic rings. The van der Waals surface area contributed by atoms with Crippen LogP contribution in [0.5, 0.6) is 5.75 Å². The maximum absolute atomic E-state index is 14.1. The van der Waals surface area contributed by atoms with Gasteiger partial charge in [-0.05, 0) is 53.8 Å². The Labute approximate surface area is 230 Å². The van der Waals surface area contributed by atoms with E-state index >= 15 is 0 Å². The maximum Gasteiger partial charge on any atom is 0.271 e. The van der Waals surface area contributed by atoms with Gasteiger partial charge in [0.05, 0.1) is 23.4 Å². The molecule has 3 heterocycles. The maximum atomic E-state index is 14.1. The number of aryl methyl sites for hydroxylation is 1. The first kappa shape index (κ1) is 23.7. The van der Waals surface area contributed by atoms with Gasteiger partial charge in [0.25, 0.3) is 5.56 Å². The van der Waals surface area contributed by atoms with E-state index < -0.39 is 0 Å². The molecule has 0 N–H and O–H groups in total. The van der Waals surface area contributed by atoms with Gasteiger partial charge in [-0.3, -0.25) is 9.36 Å². The van der Waals surface area contributed by atoms with Crippen molar-refractivity contribution in [1.29, 1.82) is 0 Å². The van der Waals surface area contributed by atoms with Crippen LogP contribution in [0.3, 0.4) is 0 Å². The fourth-order valence-corrected chi connectivity index (χ4v) is 6.92. The topological polar surface area (TPSA) is 48.5 Å². The molecule has 0 bridgehead atoms. The average molecular weight is 530 g/mol. The van der Waals surface area contributed by atoms with Gasteiger partial charge in [0.1, 0.15) is 5.75 Å².